The number of nitrogen functional groups attached to an aromatic ring is 1. The van der Waals surface area contributed by atoms with Crippen LogP contribution in [-0.4, -0.2) is 11.6 Å². The second-order valence-corrected chi connectivity index (χ2v) is 5.25. The Kier molecular flexibility index (Phi) is 4.77. The van der Waals surface area contributed by atoms with E-state index in [2.05, 4.69) is 20.9 Å². The molecule has 0 saturated heterocycles. The SMILES string of the molecule is Nc1ncc(Br)cc1OCCc1c(F)ccc(F)c1Cl. The Morgan fingerprint density at radius 2 is 2.00 bits per heavy atom. The minimum Gasteiger partial charge on any atom is -0.489 e. The predicted octanol–water partition coefficient (Wildman–Crippen LogP) is 3.98. The standard InChI is InChI=1S/C13H10BrClF2N2O/c14-7-5-11(13(18)19-6-7)20-4-3-8-9(16)1-2-10(17)12(8)15/h1-2,5-6H,3-4H2,(H2,18,19). The lowest BCUT2D eigenvalue weighted by atomic mass is 10.1. The molecule has 3 nitrogen and oxygen atoms in total. The summed E-state index contributed by atoms with van der Waals surface area (Å²) in [5, 5.41) is -0.228. The number of aromatic nitrogens is 1. The maximum Gasteiger partial charge on any atom is 0.166 e. The maximum atomic E-state index is 13.5. The Morgan fingerprint density at radius 3 is 2.75 bits per heavy atom. The number of ether oxygens (including phenoxy) is 1. The van der Waals surface area contributed by atoms with Crippen LogP contribution in [-0.2, 0) is 6.42 Å². The van der Waals surface area contributed by atoms with Crippen LogP contribution < -0.4 is 10.5 Å². The zero-order valence-corrected chi connectivity index (χ0v) is 12.5. The molecule has 20 heavy (non-hydrogen) atoms. The van der Waals surface area contributed by atoms with E-state index >= 15 is 0 Å². The molecule has 0 aliphatic rings. The third-order valence-corrected chi connectivity index (χ3v) is 3.44. The lowest BCUT2D eigenvalue weighted by molar-refractivity contribution is 0.320. The van der Waals surface area contributed by atoms with Crippen LogP contribution >= 0.6 is 27.5 Å². The summed E-state index contributed by atoms with van der Waals surface area (Å²) < 4.78 is 32.9. The third kappa shape index (κ3) is 3.37. The molecule has 0 fully saturated rings. The number of nitrogens with zero attached hydrogens (tertiary/aromatic N) is 1. The molecule has 0 radical (unpaired) electrons. The molecule has 0 amide bonds. The molecule has 0 bridgehead atoms. The molecule has 0 saturated carbocycles. The number of nitrogens with two attached hydrogens (primary N) is 1. The highest BCUT2D eigenvalue weighted by molar-refractivity contribution is 9.10. The summed E-state index contributed by atoms with van der Waals surface area (Å²) in [6.45, 7) is 0.0996. The molecule has 106 valence electrons. The van der Waals surface area contributed by atoms with Gasteiger partial charge in [-0.3, -0.25) is 0 Å². The number of anilines is 1. The molecule has 2 rings (SSSR count). The van der Waals surface area contributed by atoms with E-state index in [1.54, 1.807) is 6.07 Å². The van der Waals surface area contributed by atoms with Gasteiger partial charge in [-0.1, -0.05) is 11.6 Å². The third-order valence-electron chi connectivity index (χ3n) is 2.60. The van der Waals surface area contributed by atoms with Crippen LogP contribution in [0.2, 0.25) is 5.02 Å². The van der Waals surface area contributed by atoms with Gasteiger partial charge in [-0.05, 0) is 34.1 Å². The van der Waals surface area contributed by atoms with E-state index in [4.69, 9.17) is 22.1 Å². The minimum atomic E-state index is -0.660. The molecule has 0 aliphatic heterocycles. The van der Waals surface area contributed by atoms with Gasteiger partial charge in [0.15, 0.2) is 11.6 Å². The summed E-state index contributed by atoms with van der Waals surface area (Å²) in [5.74, 6) is -0.640. The zero-order chi connectivity index (χ0) is 14.7. The van der Waals surface area contributed by atoms with Crippen molar-refractivity contribution in [2.24, 2.45) is 0 Å². The number of benzene rings is 1. The van der Waals surface area contributed by atoms with Crippen molar-refractivity contribution in [1.29, 1.82) is 0 Å². The number of pyridine rings is 1. The van der Waals surface area contributed by atoms with Crippen LogP contribution in [0.3, 0.4) is 0 Å². The highest BCUT2D eigenvalue weighted by atomic mass is 79.9. The van der Waals surface area contributed by atoms with Crippen molar-refractivity contribution in [2.45, 2.75) is 6.42 Å². The van der Waals surface area contributed by atoms with Crippen molar-refractivity contribution in [3.63, 3.8) is 0 Å². The van der Waals surface area contributed by atoms with Gasteiger partial charge in [0.1, 0.15) is 11.6 Å². The average Bonchev–Trinajstić information content (AvgIpc) is 2.42. The second kappa shape index (κ2) is 6.37. The van der Waals surface area contributed by atoms with Gasteiger partial charge >= 0.3 is 0 Å². The first-order valence-corrected chi connectivity index (χ1v) is 6.82. The largest absolute Gasteiger partial charge is 0.489 e. The van der Waals surface area contributed by atoms with Gasteiger partial charge in [0.05, 0.1) is 11.6 Å². The quantitative estimate of drug-likeness (QED) is 0.836. The topological polar surface area (TPSA) is 48.1 Å². The molecule has 1 aromatic carbocycles. The molecule has 1 aromatic heterocycles. The Hall–Kier alpha value is -1.40. The van der Waals surface area contributed by atoms with Crippen LogP contribution in [0.4, 0.5) is 14.6 Å². The Labute approximate surface area is 127 Å². The van der Waals surface area contributed by atoms with Crippen molar-refractivity contribution in [1.82, 2.24) is 4.98 Å². The van der Waals surface area contributed by atoms with Crippen molar-refractivity contribution in [2.75, 3.05) is 12.3 Å². The van der Waals surface area contributed by atoms with Crippen molar-refractivity contribution in [3.05, 3.63) is 51.1 Å². The van der Waals surface area contributed by atoms with Crippen LogP contribution in [0.1, 0.15) is 5.56 Å². The minimum absolute atomic E-state index is 0.0770. The summed E-state index contributed by atoms with van der Waals surface area (Å²) in [4.78, 5) is 3.90. The molecule has 0 unspecified atom stereocenters. The zero-order valence-electron chi connectivity index (χ0n) is 10.2. The maximum absolute atomic E-state index is 13.5. The number of rotatable bonds is 4. The molecule has 0 atom stereocenters. The lowest BCUT2D eigenvalue weighted by Gasteiger charge is -2.10. The summed E-state index contributed by atoms with van der Waals surface area (Å²) in [7, 11) is 0. The van der Waals surface area contributed by atoms with Crippen molar-refractivity contribution in [3.8, 4) is 5.75 Å². The monoisotopic (exact) mass is 362 g/mol. The van der Waals surface area contributed by atoms with Gasteiger partial charge in [0, 0.05) is 22.7 Å². The molecular formula is C13H10BrClF2N2O. The van der Waals surface area contributed by atoms with E-state index in [-0.39, 0.29) is 29.4 Å². The Bertz CT molecular complexity index is 640. The van der Waals surface area contributed by atoms with Gasteiger partial charge in [-0.15, -0.1) is 0 Å². The predicted molar refractivity (Wildman–Crippen MR) is 76.9 cm³/mol. The molecular weight excluding hydrogens is 354 g/mol. The van der Waals surface area contributed by atoms with E-state index in [1.807, 2.05) is 0 Å². The van der Waals surface area contributed by atoms with Crippen molar-refractivity contribution < 1.29 is 13.5 Å². The van der Waals surface area contributed by atoms with E-state index in [9.17, 15) is 8.78 Å². The summed E-state index contributed by atoms with van der Waals surface area (Å²) in [6, 6.07) is 3.66. The fraction of sp³-hybridized carbons (Fsp3) is 0.154. The fourth-order valence-electron chi connectivity index (χ4n) is 1.61. The Balaban J connectivity index is 2.07. The molecule has 1 heterocycles. The summed E-state index contributed by atoms with van der Waals surface area (Å²) >= 11 is 8.96. The van der Waals surface area contributed by atoms with Gasteiger partial charge in [0.2, 0.25) is 0 Å². The Morgan fingerprint density at radius 1 is 1.30 bits per heavy atom. The fourth-order valence-corrected chi connectivity index (χ4v) is 2.17. The lowest BCUT2D eigenvalue weighted by Crippen LogP contribution is -2.06. The first-order valence-electron chi connectivity index (χ1n) is 5.65. The molecule has 0 aliphatic carbocycles. The van der Waals surface area contributed by atoms with Crippen LogP contribution in [0.25, 0.3) is 0 Å². The molecule has 2 aromatic rings. The van der Waals surface area contributed by atoms with Gasteiger partial charge in [0.25, 0.3) is 0 Å². The second-order valence-electron chi connectivity index (χ2n) is 3.96. The molecule has 7 heteroatoms. The van der Waals surface area contributed by atoms with E-state index in [0.717, 1.165) is 12.1 Å². The highest BCUT2D eigenvalue weighted by Crippen LogP contribution is 2.25. The van der Waals surface area contributed by atoms with Gasteiger partial charge in [-0.25, -0.2) is 13.8 Å². The normalized spacial score (nSPS) is 10.6. The first-order chi connectivity index (χ1) is 9.49. The number of hydrogen-bond donors (Lipinski definition) is 1. The highest BCUT2D eigenvalue weighted by Gasteiger charge is 2.12. The molecule has 2 N–H and O–H groups in total. The van der Waals surface area contributed by atoms with Crippen LogP contribution in [0.5, 0.6) is 5.75 Å². The van der Waals surface area contributed by atoms with Crippen LogP contribution in [0.15, 0.2) is 28.9 Å². The average molecular weight is 364 g/mol. The summed E-state index contributed by atoms with van der Waals surface area (Å²) in [6.07, 6.45) is 1.65. The van der Waals surface area contributed by atoms with E-state index in [1.165, 1.54) is 6.20 Å². The summed E-state index contributed by atoms with van der Waals surface area (Å²) in [5.41, 5.74) is 5.71. The smallest absolute Gasteiger partial charge is 0.166 e. The van der Waals surface area contributed by atoms with E-state index in [0.29, 0.717) is 10.2 Å². The first kappa shape index (κ1) is 15.0. The van der Waals surface area contributed by atoms with Crippen LogP contribution in [0, 0.1) is 11.6 Å². The van der Waals surface area contributed by atoms with Gasteiger partial charge < -0.3 is 10.5 Å². The van der Waals surface area contributed by atoms with Gasteiger partial charge in [-0.2, -0.15) is 0 Å². The van der Waals surface area contributed by atoms with Crippen molar-refractivity contribution >= 4 is 33.3 Å². The van der Waals surface area contributed by atoms with E-state index < -0.39 is 11.6 Å². The number of halogens is 4. The molecule has 0 spiro atoms. The number of hydrogen-bond acceptors (Lipinski definition) is 3.